The SMILES string of the molecule is CSC(CO)C(C)NC/C=C/C(=O)O. The Morgan fingerprint density at radius 1 is 1.64 bits per heavy atom. The van der Waals surface area contributed by atoms with Crippen LogP contribution in [0.5, 0.6) is 0 Å². The highest BCUT2D eigenvalue weighted by Gasteiger charge is 2.13. The van der Waals surface area contributed by atoms with Crippen molar-refractivity contribution in [3.8, 4) is 0 Å². The van der Waals surface area contributed by atoms with Crippen molar-refractivity contribution in [2.45, 2.75) is 18.2 Å². The minimum atomic E-state index is -0.942. The van der Waals surface area contributed by atoms with Crippen LogP contribution in [0.1, 0.15) is 6.92 Å². The van der Waals surface area contributed by atoms with Crippen LogP contribution >= 0.6 is 11.8 Å². The number of carboxylic acids is 1. The van der Waals surface area contributed by atoms with E-state index in [-0.39, 0.29) is 17.9 Å². The molecular formula is C9H17NO3S. The van der Waals surface area contributed by atoms with E-state index >= 15 is 0 Å². The van der Waals surface area contributed by atoms with Crippen molar-refractivity contribution < 1.29 is 15.0 Å². The van der Waals surface area contributed by atoms with Crippen LogP contribution in [0.15, 0.2) is 12.2 Å². The van der Waals surface area contributed by atoms with Gasteiger partial charge in [-0.05, 0) is 13.2 Å². The third-order valence-corrected chi connectivity index (χ3v) is 3.02. The van der Waals surface area contributed by atoms with E-state index in [2.05, 4.69) is 5.32 Å². The van der Waals surface area contributed by atoms with Crippen LogP contribution in [0.2, 0.25) is 0 Å². The van der Waals surface area contributed by atoms with Gasteiger partial charge in [-0.1, -0.05) is 6.08 Å². The van der Waals surface area contributed by atoms with E-state index in [9.17, 15) is 4.79 Å². The second kappa shape index (κ2) is 7.84. The summed E-state index contributed by atoms with van der Waals surface area (Å²) in [7, 11) is 0. The Bertz CT molecular complexity index is 192. The maximum atomic E-state index is 10.1. The molecule has 5 heteroatoms. The molecule has 0 radical (unpaired) electrons. The summed E-state index contributed by atoms with van der Waals surface area (Å²) in [4.78, 5) is 10.1. The summed E-state index contributed by atoms with van der Waals surface area (Å²) < 4.78 is 0. The van der Waals surface area contributed by atoms with E-state index in [1.165, 1.54) is 0 Å². The summed E-state index contributed by atoms with van der Waals surface area (Å²) in [5, 5.41) is 20.5. The number of aliphatic hydroxyl groups excluding tert-OH is 1. The molecule has 0 aromatic carbocycles. The van der Waals surface area contributed by atoms with Gasteiger partial charge in [0, 0.05) is 23.9 Å². The molecule has 0 bridgehead atoms. The molecule has 0 aromatic rings. The van der Waals surface area contributed by atoms with Gasteiger partial charge in [0.1, 0.15) is 0 Å². The van der Waals surface area contributed by atoms with Gasteiger partial charge in [-0.25, -0.2) is 4.79 Å². The van der Waals surface area contributed by atoms with Gasteiger partial charge in [0.25, 0.3) is 0 Å². The number of hydrogen-bond donors (Lipinski definition) is 3. The summed E-state index contributed by atoms with van der Waals surface area (Å²) in [6, 6.07) is 0.161. The van der Waals surface area contributed by atoms with Gasteiger partial charge in [0.2, 0.25) is 0 Å². The lowest BCUT2D eigenvalue weighted by Gasteiger charge is -2.20. The molecule has 3 N–H and O–H groups in total. The zero-order chi connectivity index (χ0) is 11.0. The smallest absolute Gasteiger partial charge is 0.328 e. The highest BCUT2D eigenvalue weighted by atomic mass is 32.2. The fourth-order valence-corrected chi connectivity index (χ4v) is 1.64. The Morgan fingerprint density at radius 3 is 2.71 bits per heavy atom. The van der Waals surface area contributed by atoms with Crippen LogP contribution in [-0.2, 0) is 4.79 Å². The lowest BCUT2D eigenvalue weighted by atomic mass is 10.2. The topological polar surface area (TPSA) is 69.6 Å². The van der Waals surface area contributed by atoms with Crippen molar-refractivity contribution in [1.29, 1.82) is 0 Å². The molecule has 0 aliphatic rings. The monoisotopic (exact) mass is 219 g/mol. The summed E-state index contributed by atoms with van der Waals surface area (Å²) in [6.45, 7) is 2.59. The van der Waals surface area contributed by atoms with E-state index in [1.54, 1.807) is 17.8 Å². The molecule has 2 atom stereocenters. The first-order valence-electron chi connectivity index (χ1n) is 4.38. The summed E-state index contributed by atoms with van der Waals surface area (Å²) in [5.41, 5.74) is 0. The molecule has 82 valence electrons. The first-order valence-corrected chi connectivity index (χ1v) is 5.67. The van der Waals surface area contributed by atoms with Crippen LogP contribution in [0.25, 0.3) is 0 Å². The Labute approximate surface area is 88.4 Å². The van der Waals surface area contributed by atoms with E-state index in [4.69, 9.17) is 10.2 Å². The number of thioether (sulfide) groups is 1. The van der Waals surface area contributed by atoms with Crippen molar-refractivity contribution in [3.63, 3.8) is 0 Å². The molecule has 0 aliphatic carbocycles. The molecule has 0 amide bonds. The zero-order valence-corrected chi connectivity index (χ0v) is 9.25. The lowest BCUT2D eigenvalue weighted by molar-refractivity contribution is -0.131. The second-order valence-corrected chi connectivity index (χ2v) is 3.97. The third-order valence-electron chi connectivity index (χ3n) is 1.86. The van der Waals surface area contributed by atoms with Crippen molar-refractivity contribution in [2.24, 2.45) is 0 Å². The van der Waals surface area contributed by atoms with Crippen LogP contribution in [0, 0.1) is 0 Å². The fraction of sp³-hybridized carbons (Fsp3) is 0.667. The normalized spacial score (nSPS) is 15.6. The minimum absolute atomic E-state index is 0.123. The Morgan fingerprint density at radius 2 is 2.29 bits per heavy atom. The highest BCUT2D eigenvalue weighted by Crippen LogP contribution is 2.09. The second-order valence-electron chi connectivity index (χ2n) is 2.89. The first-order chi connectivity index (χ1) is 6.61. The highest BCUT2D eigenvalue weighted by molar-refractivity contribution is 7.99. The third kappa shape index (κ3) is 6.01. The first kappa shape index (κ1) is 13.5. The zero-order valence-electron chi connectivity index (χ0n) is 8.43. The summed E-state index contributed by atoms with van der Waals surface area (Å²) in [5.74, 6) is -0.942. The Hall–Kier alpha value is -0.520. The lowest BCUT2D eigenvalue weighted by Crippen LogP contribution is -2.37. The van der Waals surface area contributed by atoms with Crippen LogP contribution in [-0.4, -0.2) is 46.9 Å². The standard InChI is InChI=1S/C9H17NO3S/c1-7(8(6-11)14-2)10-5-3-4-9(12)13/h3-4,7-8,10-11H,5-6H2,1-2H3,(H,12,13)/b4-3+. The number of rotatable bonds is 7. The summed E-state index contributed by atoms with van der Waals surface area (Å²) in [6.07, 6.45) is 4.59. The molecule has 0 aromatic heterocycles. The predicted molar refractivity (Wildman–Crippen MR) is 58.6 cm³/mol. The van der Waals surface area contributed by atoms with Gasteiger partial charge < -0.3 is 15.5 Å². The number of hydrogen-bond acceptors (Lipinski definition) is 4. The fourth-order valence-electron chi connectivity index (χ4n) is 0.982. The maximum Gasteiger partial charge on any atom is 0.328 e. The minimum Gasteiger partial charge on any atom is -0.478 e. The molecule has 4 nitrogen and oxygen atoms in total. The number of aliphatic carboxylic acids is 1. The van der Waals surface area contributed by atoms with Gasteiger partial charge in [-0.15, -0.1) is 0 Å². The van der Waals surface area contributed by atoms with Gasteiger partial charge in [0.05, 0.1) is 6.61 Å². The van der Waals surface area contributed by atoms with E-state index in [0.717, 1.165) is 6.08 Å². The van der Waals surface area contributed by atoms with Gasteiger partial charge >= 0.3 is 5.97 Å². The molecule has 0 fully saturated rings. The molecule has 0 rings (SSSR count). The van der Waals surface area contributed by atoms with Crippen LogP contribution < -0.4 is 5.32 Å². The average Bonchev–Trinajstić information content (AvgIpc) is 2.14. The van der Waals surface area contributed by atoms with E-state index < -0.39 is 5.97 Å². The maximum absolute atomic E-state index is 10.1. The van der Waals surface area contributed by atoms with Crippen molar-refractivity contribution in [3.05, 3.63) is 12.2 Å². The van der Waals surface area contributed by atoms with Gasteiger partial charge in [0.15, 0.2) is 0 Å². The number of carbonyl (C=O) groups is 1. The average molecular weight is 219 g/mol. The number of aliphatic hydroxyl groups is 1. The summed E-state index contributed by atoms with van der Waals surface area (Å²) >= 11 is 1.59. The van der Waals surface area contributed by atoms with Crippen LogP contribution in [0.4, 0.5) is 0 Å². The molecule has 0 heterocycles. The van der Waals surface area contributed by atoms with Crippen LogP contribution in [0.3, 0.4) is 0 Å². The van der Waals surface area contributed by atoms with Gasteiger partial charge in [-0.2, -0.15) is 11.8 Å². The van der Waals surface area contributed by atoms with Gasteiger partial charge in [-0.3, -0.25) is 0 Å². The molecule has 2 unspecified atom stereocenters. The number of nitrogens with one attached hydrogen (secondary N) is 1. The predicted octanol–water partition coefficient (Wildman–Crippen LogP) is 0.329. The molecule has 0 saturated carbocycles. The molecule has 0 aliphatic heterocycles. The van der Waals surface area contributed by atoms with Crippen molar-refractivity contribution in [1.82, 2.24) is 5.32 Å². The quantitative estimate of drug-likeness (QED) is 0.538. The largest absolute Gasteiger partial charge is 0.478 e. The molecule has 0 spiro atoms. The van der Waals surface area contributed by atoms with E-state index in [0.29, 0.717) is 6.54 Å². The van der Waals surface area contributed by atoms with Crippen molar-refractivity contribution >= 4 is 17.7 Å². The Balaban J connectivity index is 3.72. The van der Waals surface area contributed by atoms with Crippen molar-refractivity contribution in [2.75, 3.05) is 19.4 Å². The number of carboxylic acid groups (broad SMARTS) is 1. The molecular weight excluding hydrogens is 202 g/mol. The molecule has 0 saturated heterocycles. The van der Waals surface area contributed by atoms with E-state index in [1.807, 2.05) is 13.2 Å². The Kier molecular flexibility index (Phi) is 7.55. The molecule has 14 heavy (non-hydrogen) atoms.